The zero-order valence-electron chi connectivity index (χ0n) is 7.35. The number of nitrogens with one attached hydrogen (secondary N) is 1. The summed E-state index contributed by atoms with van der Waals surface area (Å²) in [5.74, 6) is -3.23. The Morgan fingerprint density at radius 2 is 2.13 bits per heavy atom. The number of alkyl halides is 2. The third-order valence-corrected chi connectivity index (χ3v) is 1.92. The van der Waals surface area contributed by atoms with Gasteiger partial charge in [0, 0.05) is 0 Å². The zero-order chi connectivity index (χ0) is 11.5. The second kappa shape index (κ2) is 4.87. The third-order valence-electron chi connectivity index (χ3n) is 1.46. The summed E-state index contributed by atoms with van der Waals surface area (Å²) in [6.07, 6.45) is 1.19. The Morgan fingerprint density at radius 1 is 1.47 bits per heavy atom. The lowest BCUT2D eigenvalue weighted by atomic mass is 10.3. The molecular formula is C7H7Cl2F2N3O. The van der Waals surface area contributed by atoms with Crippen molar-refractivity contribution in [3.8, 4) is 0 Å². The molecule has 1 rings (SSSR count). The van der Waals surface area contributed by atoms with Crippen molar-refractivity contribution in [1.82, 2.24) is 9.97 Å². The summed E-state index contributed by atoms with van der Waals surface area (Å²) in [5, 5.41) is 10.6. The van der Waals surface area contributed by atoms with Gasteiger partial charge in [-0.15, -0.1) is 0 Å². The van der Waals surface area contributed by atoms with Gasteiger partial charge in [0.25, 0.3) is 5.92 Å². The molecule has 0 unspecified atom stereocenters. The summed E-state index contributed by atoms with van der Waals surface area (Å²) in [7, 11) is 0. The van der Waals surface area contributed by atoms with Crippen molar-refractivity contribution >= 4 is 29.0 Å². The van der Waals surface area contributed by atoms with Crippen LogP contribution in [-0.2, 0) is 0 Å². The van der Waals surface area contributed by atoms with Crippen LogP contribution in [0.1, 0.15) is 0 Å². The van der Waals surface area contributed by atoms with E-state index in [2.05, 4.69) is 15.3 Å². The van der Waals surface area contributed by atoms with Crippen molar-refractivity contribution in [2.75, 3.05) is 18.5 Å². The Hall–Kier alpha value is -0.720. The summed E-state index contributed by atoms with van der Waals surface area (Å²) >= 11 is 11.1. The summed E-state index contributed by atoms with van der Waals surface area (Å²) in [6.45, 7) is -2.03. The number of hydrogen-bond acceptors (Lipinski definition) is 4. The number of anilines is 1. The molecule has 0 aliphatic carbocycles. The van der Waals surface area contributed by atoms with Gasteiger partial charge in [0.15, 0.2) is 0 Å². The molecule has 0 saturated heterocycles. The molecule has 0 aliphatic heterocycles. The van der Waals surface area contributed by atoms with Crippen molar-refractivity contribution in [2.45, 2.75) is 5.92 Å². The first-order valence-corrected chi connectivity index (χ1v) is 4.61. The van der Waals surface area contributed by atoms with Crippen LogP contribution in [-0.4, -0.2) is 34.1 Å². The van der Waals surface area contributed by atoms with Crippen molar-refractivity contribution in [1.29, 1.82) is 0 Å². The van der Waals surface area contributed by atoms with Crippen LogP contribution in [0.5, 0.6) is 0 Å². The van der Waals surface area contributed by atoms with E-state index in [0.29, 0.717) is 0 Å². The quantitative estimate of drug-likeness (QED) is 0.809. The van der Waals surface area contributed by atoms with Crippen LogP contribution in [0.15, 0.2) is 6.20 Å². The molecule has 0 aliphatic rings. The Morgan fingerprint density at radius 3 is 2.73 bits per heavy atom. The van der Waals surface area contributed by atoms with E-state index in [4.69, 9.17) is 28.3 Å². The minimum Gasteiger partial charge on any atom is -0.390 e. The van der Waals surface area contributed by atoms with Crippen molar-refractivity contribution < 1.29 is 13.9 Å². The minimum atomic E-state index is -3.24. The van der Waals surface area contributed by atoms with Gasteiger partial charge in [0.05, 0.1) is 12.7 Å². The van der Waals surface area contributed by atoms with Crippen LogP contribution in [0.4, 0.5) is 14.6 Å². The molecule has 2 N–H and O–H groups in total. The minimum absolute atomic E-state index is 0.00444. The molecule has 15 heavy (non-hydrogen) atoms. The van der Waals surface area contributed by atoms with E-state index in [1.807, 2.05) is 0 Å². The number of hydrogen-bond donors (Lipinski definition) is 2. The first-order chi connectivity index (χ1) is 6.94. The second-order valence-electron chi connectivity index (χ2n) is 2.70. The lowest BCUT2D eigenvalue weighted by molar-refractivity contribution is -0.0373. The Balaban J connectivity index is 2.69. The molecule has 1 aromatic rings. The average molecular weight is 258 g/mol. The SMILES string of the molecule is OCC(F)(F)CNc1nc(Cl)ncc1Cl. The standard InChI is InChI=1S/C7H7Cl2F2N3O/c8-4-1-12-6(9)14-5(4)13-2-7(10,11)3-15/h1,15H,2-3H2,(H,12,13,14). The topological polar surface area (TPSA) is 58.0 Å². The summed E-state index contributed by atoms with van der Waals surface area (Å²) < 4.78 is 25.3. The lowest BCUT2D eigenvalue weighted by Crippen LogP contribution is -2.31. The van der Waals surface area contributed by atoms with E-state index < -0.39 is 19.1 Å². The molecule has 0 amide bonds. The number of aromatic nitrogens is 2. The highest BCUT2D eigenvalue weighted by Gasteiger charge is 2.27. The molecule has 0 fully saturated rings. The first-order valence-electron chi connectivity index (χ1n) is 3.85. The summed E-state index contributed by atoms with van der Waals surface area (Å²) in [5.41, 5.74) is 0. The summed E-state index contributed by atoms with van der Waals surface area (Å²) in [6, 6.07) is 0. The largest absolute Gasteiger partial charge is 0.390 e. The second-order valence-corrected chi connectivity index (χ2v) is 3.45. The van der Waals surface area contributed by atoms with Crippen LogP contribution >= 0.6 is 23.2 Å². The van der Waals surface area contributed by atoms with E-state index in [1.165, 1.54) is 6.20 Å². The molecule has 1 heterocycles. The molecule has 0 aromatic carbocycles. The third kappa shape index (κ3) is 3.73. The average Bonchev–Trinajstić information content (AvgIpc) is 2.20. The zero-order valence-corrected chi connectivity index (χ0v) is 8.86. The van der Waals surface area contributed by atoms with Gasteiger partial charge in [-0.05, 0) is 11.6 Å². The molecule has 0 spiro atoms. The summed E-state index contributed by atoms with van der Waals surface area (Å²) in [4.78, 5) is 7.16. The number of aliphatic hydroxyl groups excluding tert-OH is 1. The van der Waals surface area contributed by atoms with Crippen LogP contribution in [0, 0.1) is 0 Å². The fourth-order valence-corrected chi connectivity index (χ4v) is 1.03. The highest BCUT2D eigenvalue weighted by atomic mass is 35.5. The number of halogens is 4. The predicted octanol–water partition coefficient (Wildman–Crippen LogP) is 1.82. The van der Waals surface area contributed by atoms with E-state index in [9.17, 15) is 8.78 Å². The molecule has 0 saturated carbocycles. The molecular weight excluding hydrogens is 251 g/mol. The predicted molar refractivity (Wildman–Crippen MR) is 52.6 cm³/mol. The van der Waals surface area contributed by atoms with E-state index >= 15 is 0 Å². The number of nitrogens with zero attached hydrogens (tertiary/aromatic N) is 2. The van der Waals surface area contributed by atoms with Gasteiger partial charge in [-0.2, -0.15) is 4.98 Å². The molecule has 0 radical (unpaired) electrons. The van der Waals surface area contributed by atoms with Gasteiger partial charge in [0.1, 0.15) is 17.4 Å². The van der Waals surface area contributed by atoms with E-state index in [1.54, 1.807) is 0 Å². The van der Waals surface area contributed by atoms with Gasteiger partial charge in [0.2, 0.25) is 5.28 Å². The van der Waals surface area contributed by atoms with Crippen LogP contribution in [0.25, 0.3) is 0 Å². The maximum Gasteiger partial charge on any atom is 0.287 e. The maximum absolute atomic E-state index is 12.6. The fraction of sp³-hybridized carbons (Fsp3) is 0.429. The molecule has 8 heteroatoms. The Labute approximate surface area is 94.2 Å². The monoisotopic (exact) mass is 257 g/mol. The van der Waals surface area contributed by atoms with E-state index in [0.717, 1.165) is 0 Å². The van der Waals surface area contributed by atoms with Crippen molar-refractivity contribution in [3.05, 3.63) is 16.5 Å². The van der Waals surface area contributed by atoms with E-state index in [-0.39, 0.29) is 16.1 Å². The van der Waals surface area contributed by atoms with Crippen molar-refractivity contribution in [3.63, 3.8) is 0 Å². The lowest BCUT2D eigenvalue weighted by Gasteiger charge is -2.14. The van der Waals surface area contributed by atoms with Crippen LogP contribution in [0.3, 0.4) is 0 Å². The van der Waals surface area contributed by atoms with Crippen LogP contribution in [0.2, 0.25) is 10.3 Å². The molecule has 4 nitrogen and oxygen atoms in total. The normalized spacial score (nSPS) is 11.5. The van der Waals surface area contributed by atoms with Gasteiger partial charge in [-0.1, -0.05) is 11.6 Å². The van der Waals surface area contributed by atoms with Gasteiger partial charge in [-0.3, -0.25) is 0 Å². The molecule has 84 valence electrons. The smallest absolute Gasteiger partial charge is 0.287 e. The van der Waals surface area contributed by atoms with Crippen molar-refractivity contribution in [2.24, 2.45) is 0 Å². The van der Waals surface area contributed by atoms with Gasteiger partial charge < -0.3 is 10.4 Å². The van der Waals surface area contributed by atoms with Gasteiger partial charge >= 0.3 is 0 Å². The fourth-order valence-electron chi connectivity index (χ4n) is 0.739. The maximum atomic E-state index is 12.6. The molecule has 0 bridgehead atoms. The Kier molecular flexibility index (Phi) is 4.01. The Bertz CT molecular complexity index is 351. The highest BCUT2D eigenvalue weighted by Crippen LogP contribution is 2.21. The van der Waals surface area contributed by atoms with Gasteiger partial charge in [-0.25, -0.2) is 13.8 Å². The first kappa shape index (κ1) is 12.4. The van der Waals surface area contributed by atoms with Crippen LogP contribution < -0.4 is 5.32 Å². The number of aliphatic hydroxyl groups is 1. The molecule has 1 aromatic heterocycles. The highest BCUT2D eigenvalue weighted by molar-refractivity contribution is 6.33. The molecule has 0 atom stereocenters. The number of rotatable bonds is 4.